The summed E-state index contributed by atoms with van der Waals surface area (Å²) < 4.78 is 0. The van der Waals surface area contributed by atoms with Gasteiger partial charge in [0.15, 0.2) is 0 Å². The summed E-state index contributed by atoms with van der Waals surface area (Å²) in [4.78, 5) is 24.1. The van der Waals surface area contributed by atoms with Gasteiger partial charge in [0, 0.05) is 22.7 Å². The second kappa shape index (κ2) is 8.67. The molecule has 0 fully saturated rings. The number of amides is 2. The number of hydrogen-bond acceptors (Lipinski definition) is 3. The van der Waals surface area contributed by atoms with E-state index in [1.807, 2.05) is 54.6 Å². The maximum Gasteiger partial charge on any atom is 0.314 e. The quantitative estimate of drug-likeness (QED) is 0.585. The summed E-state index contributed by atoms with van der Waals surface area (Å²) in [6, 6.07) is 24.4. The van der Waals surface area contributed by atoms with Gasteiger partial charge in [0.2, 0.25) is 0 Å². The molecule has 5 nitrogen and oxygen atoms in total. The zero-order chi connectivity index (χ0) is 19.1. The molecule has 0 heterocycles. The molecule has 0 aromatic heterocycles. The largest absolute Gasteiger partial charge is 0.356 e. The fourth-order valence-electron chi connectivity index (χ4n) is 2.52. The Labute approximate surface area is 158 Å². The van der Waals surface area contributed by atoms with E-state index >= 15 is 0 Å². The van der Waals surface area contributed by atoms with Gasteiger partial charge in [-0.2, -0.15) is 0 Å². The highest BCUT2D eigenvalue weighted by atomic mass is 16.2. The van der Waals surface area contributed by atoms with Gasteiger partial charge in [0.05, 0.1) is 0 Å². The standard InChI is InChI=1S/C22H21N3O2/c1-2-16-8-10-19(11-9-16)24-21(26)22(27)25-20-14-12-18(13-15-20)23-17-6-4-3-5-7-17/h3-15,23H,2H2,1H3,(H,24,26)(H,25,27). The molecule has 0 spiro atoms. The van der Waals surface area contributed by atoms with Crippen LogP contribution in [-0.2, 0) is 16.0 Å². The number of benzene rings is 3. The van der Waals surface area contributed by atoms with Gasteiger partial charge in [0.1, 0.15) is 0 Å². The lowest BCUT2D eigenvalue weighted by molar-refractivity contribution is -0.132. The molecule has 0 aliphatic rings. The van der Waals surface area contributed by atoms with Crippen LogP contribution in [0.15, 0.2) is 78.9 Å². The lowest BCUT2D eigenvalue weighted by atomic mass is 10.1. The van der Waals surface area contributed by atoms with E-state index in [0.29, 0.717) is 11.4 Å². The van der Waals surface area contributed by atoms with Crippen LogP contribution in [0.25, 0.3) is 0 Å². The number of nitrogens with one attached hydrogen (secondary N) is 3. The van der Waals surface area contributed by atoms with Crippen molar-refractivity contribution in [1.82, 2.24) is 0 Å². The monoisotopic (exact) mass is 359 g/mol. The van der Waals surface area contributed by atoms with Gasteiger partial charge >= 0.3 is 11.8 Å². The summed E-state index contributed by atoms with van der Waals surface area (Å²) in [5.74, 6) is -1.41. The molecule has 3 aromatic rings. The second-order valence-electron chi connectivity index (χ2n) is 6.03. The highest BCUT2D eigenvalue weighted by Gasteiger charge is 2.14. The van der Waals surface area contributed by atoms with Crippen LogP contribution in [0.1, 0.15) is 12.5 Å². The number of rotatable bonds is 5. The Morgan fingerprint density at radius 1 is 0.630 bits per heavy atom. The van der Waals surface area contributed by atoms with Crippen molar-refractivity contribution in [3.05, 3.63) is 84.4 Å². The van der Waals surface area contributed by atoms with Crippen LogP contribution < -0.4 is 16.0 Å². The molecule has 0 saturated heterocycles. The van der Waals surface area contributed by atoms with Crippen LogP contribution in [0.4, 0.5) is 22.7 Å². The first-order valence-electron chi connectivity index (χ1n) is 8.77. The first-order chi connectivity index (χ1) is 13.1. The zero-order valence-corrected chi connectivity index (χ0v) is 15.0. The van der Waals surface area contributed by atoms with Crippen molar-refractivity contribution < 1.29 is 9.59 Å². The molecular weight excluding hydrogens is 338 g/mol. The van der Waals surface area contributed by atoms with Gasteiger partial charge in [-0.25, -0.2) is 0 Å². The third-order valence-corrected chi connectivity index (χ3v) is 4.03. The number of carbonyl (C=O) groups is 2. The Hall–Kier alpha value is -3.60. The zero-order valence-electron chi connectivity index (χ0n) is 15.0. The summed E-state index contributed by atoms with van der Waals surface area (Å²) in [7, 11) is 0. The van der Waals surface area contributed by atoms with Gasteiger partial charge in [-0.1, -0.05) is 37.3 Å². The van der Waals surface area contributed by atoms with Crippen molar-refractivity contribution in [2.75, 3.05) is 16.0 Å². The SMILES string of the molecule is CCc1ccc(NC(=O)C(=O)Nc2ccc(Nc3ccccc3)cc2)cc1. The van der Waals surface area contributed by atoms with Gasteiger partial charge in [0.25, 0.3) is 0 Å². The fraction of sp³-hybridized carbons (Fsp3) is 0.0909. The molecule has 3 aromatic carbocycles. The van der Waals surface area contributed by atoms with Crippen molar-refractivity contribution >= 4 is 34.6 Å². The Bertz CT molecular complexity index is 905. The Morgan fingerprint density at radius 2 is 1.07 bits per heavy atom. The maximum absolute atomic E-state index is 12.1. The van der Waals surface area contributed by atoms with Crippen LogP contribution in [0.5, 0.6) is 0 Å². The predicted octanol–water partition coefficient (Wildman–Crippen LogP) is 4.57. The minimum absolute atomic E-state index is 0.551. The van der Waals surface area contributed by atoms with Crippen LogP contribution in [0.3, 0.4) is 0 Å². The first-order valence-corrected chi connectivity index (χ1v) is 8.77. The fourth-order valence-corrected chi connectivity index (χ4v) is 2.52. The number of aryl methyl sites for hydroxylation is 1. The van der Waals surface area contributed by atoms with Crippen molar-refractivity contribution in [3.63, 3.8) is 0 Å². The molecule has 0 saturated carbocycles. The van der Waals surface area contributed by atoms with Crippen molar-refractivity contribution in [2.24, 2.45) is 0 Å². The van der Waals surface area contributed by atoms with Crippen LogP contribution in [0.2, 0.25) is 0 Å². The van der Waals surface area contributed by atoms with E-state index in [0.717, 1.165) is 17.8 Å². The normalized spacial score (nSPS) is 10.1. The Balaban J connectivity index is 1.55. The van der Waals surface area contributed by atoms with Gasteiger partial charge in [-0.05, 0) is 60.5 Å². The molecule has 136 valence electrons. The first kappa shape index (κ1) is 18.2. The van der Waals surface area contributed by atoms with E-state index in [1.54, 1.807) is 24.3 Å². The molecule has 3 rings (SSSR count). The lowest BCUT2D eigenvalue weighted by Gasteiger charge is -2.09. The molecule has 0 unspecified atom stereocenters. The van der Waals surface area contributed by atoms with Crippen molar-refractivity contribution in [1.29, 1.82) is 0 Å². The van der Waals surface area contributed by atoms with E-state index in [9.17, 15) is 9.59 Å². The highest BCUT2D eigenvalue weighted by Crippen LogP contribution is 2.18. The number of anilines is 4. The Morgan fingerprint density at radius 3 is 1.59 bits per heavy atom. The Kier molecular flexibility index (Phi) is 5.84. The number of carbonyl (C=O) groups excluding carboxylic acids is 2. The summed E-state index contributed by atoms with van der Waals surface area (Å²) in [6.07, 6.45) is 0.920. The van der Waals surface area contributed by atoms with Crippen LogP contribution >= 0.6 is 0 Å². The third-order valence-electron chi connectivity index (χ3n) is 4.03. The molecule has 0 radical (unpaired) electrons. The average molecular weight is 359 g/mol. The van der Waals surface area contributed by atoms with Crippen LogP contribution in [-0.4, -0.2) is 11.8 Å². The maximum atomic E-state index is 12.1. The van der Waals surface area contributed by atoms with E-state index in [2.05, 4.69) is 22.9 Å². The number of para-hydroxylation sites is 1. The molecule has 0 atom stereocenters. The van der Waals surface area contributed by atoms with Gasteiger partial charge in [-0.3, -0.25) is 9.59 Å². The minimum atomic E-state index is -0.710. The van der Waals surface area contributed by atoms with Crippen molar-refractivity contribution in [2.45, 2.75) is 13.3 Å². The molecule has 0 aliphatic heterocycles. The lowest BCUT2D eigenvalue weighted by Crippen LogP contribution is -2.29. The molecular formula is C22H21N3O2. The van der Waals surface area contributed by atoms with Crippen LogP contribution in [0, 0.1) is 0 Å². The van der Waals surface area contributed by atoms with E-state index in [-0.39, 0.29) is 0 Å². The molecule has 3 N–H and O–H groups in total. The second-order valence-corrected chi connectivity index (χ2v) is 6.03. The van der Waals surface area contributed by atoms with Crippen molar-refractivity contribution in [3.8, 4) is 0 Å². The van der Waals surface area contributed by atoms with Gasteiger partial charge < -0.3 is 16.0 Å². The predicted molar refractivity (Wildman–Crippen MR) is 109 cm³/mol. The highest BCUT2D eigenvalue weighted by molar-refractivity contribution is 6.43. The third kappa shape index (κ3) is 5.19. The molecule has 5 heteroatoms. The summed E-state index contributed by atoms with van der Waals surface area (Å²) in [5.41, 5.74) is 4.17. The molecule has 2 amide bonds. The van der Waals surface area contributed by atoms with E-state index in [1.165, 1.54) is 5.56 Å². The summed E-state index contributed by atoms with van der Waals surface area (Å²) in [5, 5.41) is 8.45. The smallest absolute Gasteiger partial charge is 0.314 e. The summed E-state index contributed by atoms with van der Waals surface area (Å²) >= 11 is 0. The van der Waals surface area contributed by atoms with Gasteiger partial charge in [-0.15, -0.1) is 0 Å². The van der Waals surface area contributed by atoms with E-state index in [4.69, 9.17) is 0 Å². The number of hydrogen-bond donors (Lipinski definition) is 3. The molecule has 0 aliphatic carbocycles. The summed E-state index contributed by atoms with van der Waals surface area (Å²) in [6.45, 7) is 2.06. The minimum Gasteiger partial charge on any atom is -0.356 e. The average Bonchev–Trinajstić information content (AvgIpc) is 2.71. The topological polar surface area (TPSA) is 70.2 Å². The van der Waals surface area contributed by atoms with E-state index < -0.39 is 11.8 Å². The molecule has 27 heavy (non-hydrogen) atoms. The molecule has 0 bridgehead atoms.